The number of nitrogens with zero attached hydrogens (tertiary/aromatic N) is 3. The van der Waals surface area contributed by atoms with Gasteiger partial charge in [0.2, 0.25) is 5.91 Å². The molecule has 168 valence electrons. The molecule has 0 aliphatic heterocycles. The van der Waals surface area contributed by atoms with Crippen molar-refractivity contribution in [1.82, 2.24) is 14.8 Å². The number of ether oxygens (including phenoxy) is 1. The Kier molecular flexibility index (Phi) is 7.10. The van der Waals surface area contributed by atoms with Gasteiger partial charge in [-0.15, -0.1) is 10.2 Å². The van der Waals surface area contributed by atoms with E-state index in [0.717, 1.165) is 22.7 Å². The largest absolute Gasteiger partial charge is 0.486 e. The lowest BCUT2D eigenvalue weighted by atomic mass is 10.1. The average molecular weight is 459 g/mol. The Bertz CT molecular complexity index is 1240. The number of hydrogen-bond acceptors (Lipinski definition) is 5. The highest BCUT2D eigenvalue weighted by atomic mass is 32.2. The quantitative estimate of drug-likeness (QED) is 0.353. The Morgan fingerprint density at radius 3 is 2.42 bits per heavy atom. The lowest BCUT2D eigenvalue weighted by Crippen LogP contribution is -2.15. The van der Waals surface area contributed by atoms with Gasteiger partial charge in [0.15, 0.2) is 11.0 Å². The number of nitrogens with one attached hydrogen (secondary N) is 1. The Hall–Kier alpha value is -3.58. The minimum Gasteiger partial charge on any atom is -0.486 e. The molecule has 1 amide bonds. The van der Waals surface area contributed by atoms with Crippen molar-refractivity contribution in [2.75, 3.05) is 11.1 Å². The number of benzene rings is 3. The van der Waals surface area contributed by atoms with Crippen molar-refractivity contribution in [3.05, 3.63) is 95.3 Å². The zero-order valence-corrected chi connectivity index (χ0v) is 19.7. The Morgan fingerprint density at radius 2 is 1.70 bits per heavy atom. The third-order valence-corrected chi connectivity index (χ3v) is 6.16. The van der Waals surface area contributed by atoms with Crippen LogP contribution in [0.2, 0.25) is 0 Å². The van der Waals surface area contributed by atoms with E-state index in [1.165, 1.54) is 22.9 Å². The van der Waals surface area contributed by atoms with E-state index < -0.39 is 0 Å². The molecule has 0 spiro atoms. The van der Waals surface area contributed by atoms with Crippen molar-refractivity contribution in [3.8, 4) is 11.4 Å². The normalized spacial score (nSPS) is 10.8. The standard InChI is InChI=1S/C26H26N4O2S/c1-18-9-13-23(14-10-18)32-16-24-28-29-26(30(24)22-7-5-4-6-8-22)33-17-25(31)27-21-12-11-19(2)20(3)15-21/h4-15H,16-17H2,1-3H3,(H,27,31). The molecule has 6 nitrogen and oxygen atoms in total. The van der Waals surface area contributed by atoms with Gasteiger partial charge < -0.3 is 10.1 Å². The van der Waals surface area contributed by atoms with Crippen LogP contribution in [0.3, 0.4) is 0 Å². The molecular weight excluding hydrogens is 432 g/mol. The summed E-state index contributed by atoms with van der Waals surface area (Å²) in [5.41, 5.74) is 5.22. The second-order valence-electron chi connectivity index (χ2n) is 7.81. The lowest BCUT2D eigenvalue weighted by Gasteiger charge is -2.11. The average Bonchev–Trinajstić information content (AvgIpc) is 3.23. The van der Waals surface area contributed by atoms with Crippen molar-refractivity contribution >= 4 is 23.4 Å². The topological polar surface area (TPSA) is 69.0 Å². The molecule has 7 heteroatoms. The van der Waals surface area contributed by atoms with E-state index in [2.05, 4.69) is 15.5 Å². The first-order valence-electron chi connectivity index (χ1n) is 10.7. The van der Waals surface area contributed by atoms with Crippen LogP contribution in [0.4, 0.5) is 5.69 Å². The van der Waals surface area contributed by atoms with E-state index >= 15 is 0 Å². The molecule has 1 N–H and O–H groups in total. The van der Waals surface area contributed by atoms with Crippen LogP contribution in [-0.2, 0) is 11.4 Å². The Morgan fingerprint density at radius 1 is 0.939 bits per heavy atom. The highest BCUT2D eigenvalue weighted by molar-refractivity contribution is 7.99. The lowest BCUT2D eigenvalue weighted by molar-refractivity contribution is -0.113. The van der Waals surface area contributed by atoms with Crippen molar-refractivity contribution in [2.24, 2.45) is 0 Å². The summed E-state index contributed by atoms with van der Waals surface area (Å²) in [7, 11) is 0. The maximum absolute atomic E-state index is 12.6. The molecule has 33 heavy (non-hydrogen) atoms. The number of carbonyl (C=O) groups is 1. The summed E-state index contributed by atoms with van der Waals surface area (Å²) < 4.78 is 7.87. The van der Waals surface area contributed by atoms with Crippen LogP contribution in [0, 0.1) is 20.8 Å². The van der Waals surface area contributed by atoms with E-state index in [4.69, 9.17) is 4.74 Å². The van der Waals surface area contributed by atoms with E-state index in [1.54, 1.807) is 0 Å². The number of aromatic nitrogens is 3. The summed E-state index contributed by atoms with van der Waals surface area (Å²) >= 11 is 1.34. The first kappa shape index (κ1) is 22.6. The van der Waals surface area contributed by atoms with Crippen molar-refractivity contribution < 1.29 is 9.53 Å². The maximum atomic E-state index is 12.6. The van der Waals surface area contributed by atoms with Crippen LogP contribution in [0.1, 0.15) is 22.5 Å². The molecule has 0 aliphatic carbocycles. The van der Waals surface area contributed by atoms with Crippen LogP contribution in [-0.4, -0.2) is 26.4 Å². The third-order valence-electron chi connectivity index (χ3n) is 5.23. The molecule has 0 unspecified atom stereocenters. The molecule has 0 saturated heterocycles. The molecule has 0 fully saturated rings. The summed E-state index contributed by atoms with van der Waals surface area (Å²) in [6, 6.07) is 23.6. The predicted octanol–water partition coefficient (Wildman–Crippen LogP) is 5.50. The van der Waals surface area contributed by atoms with Crippen LogP contribution < -0.4 is 10.1 Å². The molecule has 0 atom stereocenters. The number of anilines is 1. The summed E-state index contributed by atoms with van der Waals surface area (Å²) in [6.07, 6.45) is 0. The van der Waals surface area contributed by atoms with Crippen LogP contribution in [0.25, 0.3) is 5.69 Å². The van der Waals surface area contributed by atoms with Crippen molar-refractivity contribution in [2.45, 2.75) is 32.5 Å². The predicted molar refractivity (Wildman–Crippen MR) is 132 cm³/mol. The molecule has 3 aromatic carbocycles. The Labute approximate surface area is 198 Å². The minimum atomic E-state index is -0.0941. The number of thioether (sulfide) groups is 1. The highest BCUT2D eigenvalue weighted by Gasteiger charge is 2.16. The van der Waals surface area contributed by atoms with E-state index in [9.17, 15) is 4.79 Å². The molecule has 0 aliphatic rings. The van der Waals surface area contributed by atoms with Gasteiger partial charge in [-0.25, -0.2) is 0 Å². The van der Waals surface area contributed by atoms with Gasteiger partial charge in [0, 0.05) is 11.4 Å². The van der Waals surface area contributed by atoms with Gasteiger partial charge >= 0.3 is 0 Å². The second kappa shape index (κ2) is 10.4. The summed E-state index contributed by atoms with van der Waals surface area (Å²) in [6.45, 7) is 6.38. The molecule has 1 heterocycles. The van der Waals surface area contributed by atoms with Gasteiger partial charge in [-0.3, -0.25) is 9.36 Å². The molecule has 0 bridgehead atoms. The smallest absolute Gasteiger partial charge is 0.234 e. The summed E-state index contributed by atoms with van der Waals surface area (Å²) in [4.78, 5) is 12.6. The van der Waals surface area contributed by atoms with Gasteiger partial charge in [0.25, 0.3) is 0 Å². The number of rotatable bonds is 8. The van der Waals surface area contributed by atoms with E-state index in [1.807, 2.05) is 98.1 Å². The first-order chi connectivity index (χ1) is 16.0. The van der Waals surface area contributed by atoms with Gasteiger partial charge in [-0.05, 0) is 68.3 Å². The molecular formula is C26H26N4O2S. The van der Waals surface area contributed by atoms with Crippen molar-refractivity contribution in [1.29, 1.82) is 0 Å². The van der Waals surface area contributed by atoms with Gasteiger partial charge in [0.05, 0.1) is 5.75 Å². The maximum Gasteiger partial charge on any atom is 0.234 e. The van der Waals surface area contributed by atoms with Crippen LogP contribution >= 0.6 is 11.8 Å². The second-order valence-corrected chi connectivity index (χ2v) is 8.75. The number of carbonyl (C=O) groups excluding carboxylic acids is 1. The number of aryl methyl sites for hydroxylation is 3. The van der Waals surface area contributed by atoms with Gasteiger partial charge in [-0.1, -0.05) is 53.7 Å². The van der Waals surface area contributed by atoms with E-state index in [-0.39, 0.29) is 18.3 Å². The summed E-state index contributed by atoms with van der Waals surface area (Å²) in [5, 5.41) is 12.3. The zero-order valence-electron chi connectivity index (χ0n) is 18.9. The molecule has 4 aromatic rings. The molecule has 0 saturated carbocycles. The fourth-order valence-corrected chi connectivity index (χ4v) is 4.02. The van der Waals surface area contributed by atoms with Crippen LogP contribution in [0.15, 0.2) is 78.0 Å². The van der Waals surface area contributed by atoms with E-state index in [0.29, 0.717) is 11.0 Å². The number of para-hydroxylation sites is 1. The van der Waals surface area contributed by atoms with Gasteiger partial charge in [-0.2, -0.15) is 0 Å². The number of amides is 1. The zero-order chi connectivity index (χ0) is 23.2. The minimum absolute atomic E-state index is 0.0941. The first-order valence-corrected chi connectivity index (χ1v) is 11.7. The molecule has 0 radical (unpaired) electrons. The SMILES string of the molecule is Cc1ccc(OCc2nnc(SCC(=O)Nc3ccc(C)c(C)c3)n2-c2ccccc2)cc1. The molecule has 4 rings (SSSR count). The molecule has 1 aromatic heterocycles. The summed E-state index contributed by atoms with van der Waals surface area (Å²) in [5.74, 6) is 1.56. The van der Waals surface area contributed by atoms with Gasteiger partial charge in [0.1, 0.15) is 12.4 Å². The fourth-order valence-electron chi connectivity index (χ4n) is 3.25. The highest BCUT2D eigenvalue weighted by Crippen LogP contribution is 2.24. The monoisotopic (exact) mass is 458 g/mol. The Balaban J connectivity index is 1.48. The third kappa shape index (κ3) is 5.81. The van der Waals surface area contributed by atoms with Crippen molar-refractivity contribution in [3.63, 3.8) is 0 Å². The fraction of sp³-hybridized carbons (Fsp3) is 0.192. The van der Waals surface area contributed by atoms with Crippen LogP contribution in [0.5, 0.6) is 5.75 Å². The number of hydrogen-bond donors (Lipinski definition) is 1.